The van der Waals surface area contributed by atoms with Crippen molar-refractivity contribution in [3.8, 4) is 11.5 Å². The Morgan fingerprint density at radius 3 is 2.52 bits per heavy atom. The quantitative estimate of drug-likeness (QED) is 0.259. The molecule has 0 saturated heterocycles. The zero-order chi connectivity index (χ0) is 22.1. The third-order valence-electron chi connectivity index (χ3n) is 4.93. The predicted octanol–water partition coefficient (Wildman–Crippen LogP) is 4.73. The molecular formula is C22H18N4O5. The molecule has 156 valence electrons. The molecule has 4 rings (SSSR count). The summed E-state index contributed by atoms with van der Waals surface area (Å²) in [5, 5.41) is 19.6. The Bertz CT molecular complexity index is 1300. The van der Waals surface area contributed by atoms with Crippen LogP contribution in [0.3, 0.4) is 0 Å². The summed E-state index contributed by atoms with van der Waals surface area (Å²) >= 11 is 0. The van der Waals surface area contributed by atoms with E-state index in [0.717, 1.165) is 16.5 Å². The topological polar surface area (TPSA) is 121 Å². The lowest BCUT2D eigenvalue weighted by Gasteiger charge is -2.14. The van der Waals surface area contributed by atoms with Crippen molar-refractivity contribution < 1.29 is 18.9 Å². The smallest absolute Gasteiger partial charge is 0.341 e. The Kier molecular flexibility index (Phi) is 5.16. The van der Waals surface area contributed by atoms with Crippen LogP contribution in [0.1, 0.15) is 40.5 Å². The molecule has 4 aromatic rings. The molecule has 1 atom stereocenters. The number of nitro benzene ring substituents is 1. The first-order valence-corrected chi connectivity index (χ1v) is 9.50. The lowest BCUT2D eigenvalue weighted by Crippen LogP contribution is -2.13. The van der Waals surface area contributed by atoms with Crippen LogP contribution < -0.4 is 0 Å². The standard InChI is InChI=1S/C22H18N4O5/c1-12-17-6-4-5-7-18(17)23-13(2)19(12)22(27)30-14(3)20-24-25-21(31-20)15-8-10-16(11-9-15)26(28)29/h4-11,14H,1-3H3. The number of nitrogens with zero attached hydrogens (tertiary/aromatic N) is 4. The Morgan fingerprint density at radius 1 is 1.10 bits per heavy atom. The number of hydrogen-bond donors (Lipinski definition) is 0. The molecule has 9 heteroatoms. The minimum absolute atomic E-state index is 0.0412. The monoisotopic (exact) mass is 418 g/mol. The van der Waals surface area contributed by atoms with E-state index in [2.05, 4.69) is 15.2 Å². The van der Waals surface area contributed by atoms with Gasteiger partial charge in [0.25, 0.3) is 11.6 Å². The molecule has 0 amide bonds. The van der Waals surface area contributed by atoms with Gasteiger partial charge in [-0.2, -0.15) is 0 Å². The number of aromatic nitrogens is 3. The molecule has 2 aromatic carbocycles. The second-order valence-corrected chi connectivity index (χ2v) is 7.01. The van der Waals surface area contributed by atoms with Crippen molar-refractivity contribution in [1.82, 2.24) is 15.2 Å². The fourth-order valence-corrected chi connectivity index (χ4v) is 3.34. The van der Waals surface area contributed by atoms with Crippen LogP contribution in [0.15, 0.2) is 52.9 Å². The van der Waals surface area contributed by atoms with Crippen LogP contribution in [0.25, 0.3) is 22.4 Å². The van der Waals surface area contributed by atoms with Gasteiger partial charge in [-0.1, -0.05) is 18.2 Å². The number of rotatable bonds is 5. The second kappa shape index (κ2) is 7.94. The van der Waals surface area contributed by atoms with Gasteiger partial charge >= 0.3 is 5.97 Å². The van der Waals surface area contributed by atoms with E-state index < -0.39 is 17.0 Å². The van der Waals surface area contributed by atoms with E-state index in [1.165, 1.54) is 24.3 Å². The minimum atomic E-state index is -0.794. The van der Waals surface area contributed by atoms with Crippen LogP contribution in [0, 0.1) is 24.0 Å². The van der Waals surface area contributed by atoms with Crippen molar-refractivity contribution in [2.45, 2.75) is 26.9 Å². The van der Waals surface area contributed by atoms with E-state index in [9.17, 15) is 14.9 Å². The van der Waals surface area contributed by atoms with Crippen molar-refractivity contribution >= 4 is 22.6 Å². The Labute approximate surface area is 176 Å². The average molecular weight is 418 g/mol. The second-order valence-electron chi connectivity index (χ2n) is 7.01. The maximum atomic E-state index is 12.9. The maximum absolute atomic E-state index is 12.9. The summed E-state index contributed by atoms with van der Waals surface area (Å²) in [7, 11) is 0. The number of ether oxygens (including phenoxy) is 1. The molecule has 0 aliphatic heterocycles. The van der Waals surface area contributed by atoms with Gasteiger partial charge in [-0.15, -0.1) is 10.2 Å². The van der Waals surface area contributed by atoms with Crippen LogP contribution in [-0.2, 0) is 4.74 Å². The molecule has 9 nitrogen and oxygen atoms in total. The van der Waals surface area contributed by atoms with Crippen molar-refractivity contribution in [3.05, 3.63) is 81.4 Å². The molecule has 0 saturated carbocycles. The van der Waals surface area contributed by atoms with Crippen molar-refractivity contribution in [1.29, 1.82) is 0 Å². The third kappa shape index (κ3) is 3.85. The minimum Gasteiger partial charge on any atom is -0.449 e. The fraction of sp³-hybridized carbons (Fsp3) is 0.182. The molecular weight excluding hydrogens is 400 g/mol. The lowest BCUT2D eigenvalue weighted by atomic mass is 10.0. The molecule has 1 unspecified atom stereocenters. The normalized spacial score (nSPS) is 12.0. The van der Waals surface area contributed by atoms with Gasteiger partial charge in [-0.3, -0.25) is 15.1 Å². The van der Waals surface area contributed by atoms with E-state index in [1.54, 1.807) is 13.8 Å². The highest BCUT2D eigenvalue weighted by Gasteiger charge is 2.23. The maximum Gasteiger partial charge on any atom is 0.341 e. The van der Waals surface area contributed by atoms with E-state index in [4.69, 9.17) is 9.15 Å². The highest BCUT2D eigenvalue weighted by Crippen LogP contribution is 2.27. The van der Waals surface area contributed by atoms with E-state index >= 15 is 0 Å². The SMILES string of the molecule is Cc1nc2ccccc2c(C)c1C(=O)OC(C)c1nnc(-c2ccc([N+](=O)[O-])cc2)o1. The molecule has 0 fully saturated rings. The predicted molar refractivity (Wildman–Crippen MR) is 111 cm³/mol. The number of para-hydroxylation sites is 1. The molecule has 2 heterocycles. The number of esters is 1. The molecule has 0 aliphatic carbocycles. The summed E-state index contributed by atoms with van der Waals surface area (Å²) in [4.78, 5) is 27.7. The first kappa shape index (κ1) is 20.1. The molecule has 2 aromatic heterocycles. The van der Waals surface area contributed by atoms with Crippen molar-refractivity contribution in [2.75, 3.05) is 0 Å². The van der Waals surface area contributed by atoms with Gasteiger partial charge in [0.1, 0.15) is 0 Å². The first-order valence-electron chi connectivity index (χ1n) is 9.50. The number of fused-ring (bicyclic) bond motifs is 1. The zero-order valence-electron chi connectivity index (χ0n) is 17.0. The number of pyridine rings is 1. The molecule has 0 N–H and O–H groups in total. The fourth-order valence-electron chi connectivity index (χ4n) is 3.34. The summed E-state index contributed by atoms with van der Waals surface area (Å²) in [5.74, 6) is -0.242. The number of non-ortho nitro benzene ring substituents is 1. The zero-order valence-corrected chi connectivity index (χ0v) is 17.0. The molecule has 0 spiro atoms. The lowest BCUT2D eigenvalue weighted by molar-refractivity contribution is -0.384. The van der Waals surface area contributed by atoms with Gasteiger partial charge in [0.15, 0.2) is 6.10 Å². The average Bonchev–Trinajstić information content (AvgIpc) is 3.24. The van der Waals surface area contributed by atoms with Crippen LogP contribution in [-0.4, -0.2) is 26.1 Å². The summed E-state index contributed by atoms with van der Waals surface area (Å²) in [6, 6.07) is 13.3. The number of benzene rings is 2. The summed E-state index contributed by atoms with van der Waals surface area (Å²) in [6.45, 7) is 5.25. The molecule has 0 radical (unpaired) electrons. The summed E-state index contributed by atoms with van der Waals surface area (Å²) in [6.07, 6.45) is -0.794. The largest absolute Gasteiger partial charge is 0.449 e. The highest BCUT2D eigenvalue weighted by atomic mass is 16.6. The number of carbonyl (C=O) groups excluding carboxylic acids is 1. The molecule has 0 aliphatic rings. The number of aryl methyl sites for hydroxylation is 2. The van der Waals surface area contributed by atoms with Crippen LogP contribution in [0.4, 0.5) is 5.69 Å². The van der Waals surface area contributed by atoms with Gasteiger partial charge in [0, 0.05) is 23.1 Å². The Hall–Kier alpha value is -4.14. The number of nitro groups is 1. The van der Waals surface area contributed by atoms with Crippen LogP contribution >= 0.6 is 0 Å². The summed E-state index contributed by atoms with van der Waals surface area (Å²) < 4.78 is 11.2. The first-order chi connectivity index (χ1) is 14.8. The van der Waals surface area contributed by atoms with Gasteiger partial charge in [0.2, 0.25) is 5.89 Å². The van der Waals surface area contributed by atoms with Crippen LogP contribution in [0.2, 0.25) is 0 Å². The van der Waals surface area contributed by atoms with E-state index in [0.29, 0.717) is 16.8 Å². The van der Waals surface area contributed by atoms with Gasteiger partial charge < -0.3 is 9.15 Å². The van der Waals surface area contributed by atoms with E-state index in [-0.39, 0.29) is 17.5 Å². The van der Waals surface area contributed by atoms with Gasteiger partial charge in [-0.05, 0) is 44.5 Å². The van der Waals surface area contributed by atoms with E-state index in [1.807, 2.05) is 31.2 Å². The van der Waals surface area contributed by atoms with Gasteiger partial charge in [0.05, 0.1) is 21.7 Å². The molecule has 31 heavy (non-hydrogen) atoms. The van der Waals surface area contributed by atoms with Gasteiger partial charge in [-0.25, -0.2) is 4.79 Å². The molecule has 0 bridgehead atoms. The van der Waals surface area contributed by atoms with Crippen LogP contribution in [0.5, 0.6) is 0 Å². The van der Waals surface area contributed by atoms with Crippen molar-refractivity contribution in [3.63, 3.8) is 0 Å². The number of hydrogen-bond acceptors (Lipinski definition) is 8. The Balaban J connectivity index is 1.55. The number of carbonyl (C=O) groups is 1. The summed E-state index contributed by atoms with van der Waals surface area (Å²) in [5.41, 5.74) is 3.06. The third-order valence-corrected chi connectivity index (χ3v) is 4.93. The van der Waals surface area contributed by atoms with Crippen molar-refractivity contribution in [2.24, 2.45) is 0 Å². The Morgan fingerprint density at radius 2 is 1.81 bits per heavy atom. The highest BCUT2D eigenvalue weighted by molar-refractivity contribution is 5.98.